The number of cyclic esters (lactones) is 3. The van der Waals surface area contributed by atoms with Crippen molar-refractivity contribution in [1.29, 1.82) is 0 Å². The van der Waals surface area contributed by atoms with E-state index in [0.29, 0.717) is 45.1 Å². The van der Waals surface area contributed by atoms with E-state index in [-0.39, 0.29) is 105 Å². The van der Waals surface area contributed by atoms with Gasteiger partial charge in [-0.15, -0.1) is 0 Å². The molecular weight excluding hydrogens is 853 g/mol. The number of carbonyl (C=O) groups is 7. The Morgan fingerprint density at radius 1 is 0.667 bits per heavy atom. The van der Waals surface area contributed by atoms with Gasteiger partial charge in [0.2, 0.25) is 0 Å². The first-order valence-corrected chi connectivity index (χ1v) is 24.8. The van der Waals surface area contributed by atoms with Crippen LogP contribution in [0.4, 0.5) is 0 Å². The number of hydrogen-bond donors (Lipinski definition) is 2. The topological polar surface area (TPSA) is 215 Å². The van der Waals surface area contributed by atoms with Crippen LogP contribution in [0.1, 0.15) is 152 Å². The Balaban J connectivity index is 1.00. The fourth-order valence-electron chi connectivity index (χ4n) is 17.3. The maximum Gasteiger partial charge on any atom is 0.318 e. The Morgan fingerprint density at radius 3 is 1.74 bits per heavy atom. The normalized spacial score (nSPS) is 46.7. The number of esters is 7. The summed E-state index contributed by atoms with van der Waals surface area (Å²) in [6, 6.07) is 0. The maximum atomic E-state index is 15.4. The molecule has 2 N–H and O–H groups in total. The zero-order valence-corrected chi connectivity index (χ0v) is 39.9. The molecule has 0 radical (unpaired) electrons. The summed E-state index contributed by atoms with van der Waals surface area (Å²) >= 11 is 0. The molecule has 10 bridgehead atoms. The summed E-state index contributed by atoms with van der Waals surface area (Å²) in [6.07, 6.45) is 4.50. The summed E-state index contributed by atoms with van der Waals surface area (Å²) in [5.74, 6) is -9.33. The summed E-state index contributed by atoms with van der Waals surface area (Å²) in [5, 5.41) is 23.3. The molecule has 2 heterocycles. The SMILES string of the molecule is CC1C(=O)OC(=O)C1C(CC(CC1C(C)C2CC1C1COC(=O)C21)C(=O)OC12CC3CC(O)(CC(O)(C3)C1)C2)C(=O)OC12CC3CC(C(=O)OC(C)(C)C)(C1)CC(C(=O)OC(C)(C)C)(C3)C2. The Hall–Kier alpha value is -3.59. The molecule has 364 valence electrons. The first-order valence-electron chi connectivity index (χ1n) is 24.8. The van der Waals surface area contributed by atoms with Crippen molar-refractivity contribution in [2.75, 3.05) is 6.61 Å². The van der Waals surface area contributed by atoms with Crippen LogP contribution < -0.4 is 0 Å². The molecule has 2 saturated heterocycles. The fraction of sp³-hybridized carbons (Fsp3) is 0.863. The molecule has 2 aliphatic heterocycles. The van der Waals surface area contributed by atoms with Gasteiger partial charge in [0.25, 0.3) is 0 Å². The number of fused-ring (bicyclic) bond motifs is 5. The summed E-state index contributed by atoms with van der Waals surface area (Å²) in [5.41, 5.74) is -8.88. The summed E-state index contributed by atoms with van der Waals surface area (Å²) in [7, 11) is 0. The minimum absolute atomic E-state index is 0.000838. The van der Waals surface area contributed by atoms with Crippen molar-refractivity contribution < 1.29 is 72.2 Å². The lowest BCUT2D eigenvalue weighted by atomic mass is 9.42. The van der Waals surface area contributed by atoms with Gasteiger partial charge in [-0.2, -0.15) is 0 Å². The van der Waals surface area contributed by atoms with E-state index >= 15 is 9.59 Å². The Morgan fingerprint density at radius 2 is 1.21 bits per heavy atom. The monoisotopic (exact) mass is 922 g/mol. The molecule has 12 aliphatic rings. The number of aliphatic hydroxyl groups is 2. The first kappa shape index (κ1) is 46.2. The summed E-state index contributed by atoms with van der Waals surface area (Å²) < 4.78 is 36.2. The lowest BCUT2D eigenvalue weighted by Crippen LogP contribution is -2.67. The first-order chi connectivity index (χ1) is 30.5. The molecule has 0 aromatic heterocycles. The van der Waals surface area contributed by atoms with Crippen LogP contribution in [0.3, 0.4) is 0 Å². The van der Waals surface area contributed by atoms with Gasteiger partial charge in [0.05, 0.1) is 58.2 Å². The van der Waals surface area contributed by atoms with Gasteiger partial charge in [-0.05, 0) is 141 Å². The molecular formula is C51H70O15. The van der Waals surface area contributed by atoms with Crippen LogP contribution in [-0.4, -0.2) is 92.2 Å². The van der Waals surface area contributed by atoms with Gasteiger partial charge in [0, 0.05) is 38.0 Å². The van der Waals surface area contributed by atoms with Gasteiger partial charge >= 0.3 is 41.8 Å². The van der Waals surface area contributed by atoms with Crippen LogP contribution in [0.15, 0.2) is 0 Å². The van der Waals surface area contributed by atoms with Crippen molar-refractivity contribution in [3.05, 3.63) is 0 Å². The molecule has 0 amide bonds. The van der Waals surface area contributed by atoms with Crippen LogP contribution >= 0.6 is 0 Å². The van der Waals surface area contributed by atoms with Crippen molar-refractivity contribution in [1.82, 2.24) is 0 Å². The summed E-state index contributed by atoms with van der Waals surface area (Å²) in [6.45, 7) is 14.6. The van der Waals surface area contributed by atoms with Crippen LogP contribution in [0.2, 0.25) is 0 Å². The van der Waals surface area contributed by atoms with Gasteiger partial charge in [-0.1, -0.05) is 13.8 Å². The third kappa shape index (κ3) is 7.61. The highest BCUT2D eigenvalue weighted by Crippen LogP contribution is 2.69. The molecule has 66 heavy (non-hydrogen) atoms. The highest BCUT2D eigenvalue weighted by molar-refractivity contribution is 5.98. The van der Waals surface area contributed by atoms with Gasteiger partial charge < -0.3 is 38.6 Å². The molecule has 15 nitrogen and oxygen atoms in total. The van der Waals surface area contributed by atoms with Crippen LogP contribution in [0, 0.1) is 81.8 Å². The zero-order valence-electron chi connectivity index (χ0n) is 39.9. The van der Waals surface area contributed by atoms with Gasteiger partial charge in [-0.25, -0.2) is 0 Å². The minimum Gasteiger partial charge on any atom is -0.465 e. The number of ether oxygens (including phenoxy) is 6. The molecule has 12 fully saturated rings. The largest absolute Gasteiger partial charge is 0.465 e. The molecule has 10 saturated carbocycles. The fourth-order valence-corrected chi connectivity index (χ4v) is 17.3. The zero-order chi connectivity index (χ0) is 47.5. The number of hydrogen-bond acceptors (Lipinski definition) is 15. The minimum atomic E-state index is -1.37. The molecule has 15 heteroatoms. The second-order valence-electron chi connectivity index (χ2n) is 26.0. The van der Waals surface area contributed by atoms with E-state index in [1.54, 1.807) is 41.5 Å². The van der Waals surface area contributed by atoms with E-state index in [2.05, 4.69) is 6.92 Å². The smallest absolute Gasteiger partial charge is 0.318 e. The lowest BCUT2D eigenvalue weighted by molar-refractivity contribution is -0.263. The van der Waals surface area contributed by atoms with Crippen LogP contribution in [-0.2, 0) is 62.0 Å². The number of rotatable bonds is 11. The van der Waals surface area contributed by atoms with E-state index < -0.39 is 104 Å². The van der Waals surface area contributed by atoms with E-state index in [1.165, 1.54) is 6.92 Å². The van der Waals surface area contributed by atoms with Crippen molar-refractivity contribution in [2.24, 2.45) is 81.8 Å². The third-order valence-corrected chi connectivity index (χ3v) is 18.4. The van der Waals surface area contributed by atoms with Gasteiger partial charge in [0.15, 0.2) is 0 Å². The second kappa shape index (κ2) is 14.7. The lowest BCUT2D eigenvalue weighted by Gasteiger charge is -2.63. The van der Waals surface area contributed by atoms with E-state index in [9.17, 15) is 34.2 Å². The van der Waals surface area contributed by atoms with Crippen LogP contribution in [0.5, 0.6) is 0 Å². The van der Waals surface area contributed by atoms with E-state index in [0.717, 1.165) is 6.42 Å². The molecule has 14 atom stereocenters. The highest BCUT2D eigenvalue weighted by atomic mass is 16.6. The molecule has 14 unspecified atom stereocenters. The summed E-state index contributed by atoms with van der Waals surface area (Å²) in [4.78, 5) is 99.3. The maximum absolute atomic E-state index is 15.4. The Kier molecular flexibility index (Phi) is 10.3. The van der Waals surface area contributed by atoms with Crippen molar-refractivity contribution in [3.8, 4) is 0 Å². The average molecular weight is 923 g/mol. The molecule has 12 rings (SSSR count). The quantitative estimate of drug-likeness (QED) is 0.144. The average Bonchev–Trinajstić information content (AvgIpc) is 3.87. The van der Waals surface area contributed by atoms with E-state index in [1.807, 2.05) is 0 Å². The molecule has 0 aromatic rings. The van der Waals surface area contributed by atoms with Gasteiger partial charge in [-0.3, -0.25) is 33.6 Å². The van der Waals surface area contributed by atoms with Crippen molar-refractivity contribution in [3.63, 3.8) is 0 Å². The van der Waals surface area contributed by atoms with Crippen molar-refractivity contribution >= 4 is 41.8 Å². The standard InChI is InChI=1S/C51H70O15/c1-25-30(32-11-31(25)36-34(32)18-61-40(36)55)9-29(38(53)63-51-17-28-14-48(59,23-51)22-49(60,15-28)24-51)10-33(35-26(2)37(52)62-41(35)56)39(54)64-50-16-27-12-46(20-50,42(57)65-44(3,4)5)19-47(13-27,21-50)43(58)66-45(6,7)8/h25-36,59-60H,9-24H2,1-8H3. The Labute approximate surface area is 386 Å². The van der Waals surface area contributed by atoms with Crippen LogP contribution in [0.25, 0.3) is 0 Å². The molecule has 0 spiro atoms. The Bertz CT molecular complexity index is 2070. The number of carbonyl (C=O) groups excluding carboxylic acids is 7. The third-order valence-electron chi connectivity index (χ3n) is 18.4. The molecule has 10 aliphatic carbocycles. The highest BCUT2D eigenvalue weighted by Gasteiger charge is 2.72. The predicted octanol–water partition coefficient (Wildman–Crippen LogP) is 5.70. The van der Waals surface area contributed by atoms with Gasteiger partial charge in [0.1, 0.15) is 22.4 Å². The predicted molar refractivity (Wildman–Crippen MR) is 229 cm³/mol. The molecule has 0 aromatic carbocycles. The van der Waals surface area contributed by atoms with E-state index in [4.69, 9.17) is 28.4 Å². The second-order valence-corrected chi connectivity index (χ2v) is 26.0. The van der Waals surface area contributed by atoms with Crippen molar-refractivity contribution in [2.45, 2.75) is 185 Å².